The van der Waals surface area contributed by atoms with Crippen molar-refractivity contribution in [1.82, 2.24) is 0 Å². The number of nitro groups is 1. The van der Waals surface area contributed by atoms with Gasteiger partial charge in [0.15, 0.2) is 17.2 Å². The molecule has 0 spiro atoms. The van der Waals surface area contributed by atoms with E-state index in [-0.39, 0.29) is 117 Å². The SMILES string of the molecule is O=[N+]([O-])c1ccc(N=Nc2cc(N=Nc3ccc(S(=O)(=O)[O-])c4ccccc34)c(O)c(N=Nc3cc(S(=O)(=O)[O-])cc4cc(S(=O)(=O)[O-])cc(O)c34)c2O)cc1.[Na+].[Na+].[Na+]. The molecule has 0 fully saturated rings. The first-order chi connectivity index (χ1) is 26.2. The van der Waals surface area contributed by atoms with Gasteiger partial charge in [-0.05, 0) is 53.9 Å². The minimum absolute atomic E-state index is 0. The van der Waals surface area contributed by atoms with Crippen molar-refractivity contribution in [2.75, 3.05) is 0 Å². The third-order valence-corrected chi connectivity index (χ3v) is 10.2. The molecule has 21 nitrogen and oxygen atoms in total. The van der Waals surface area contributed by atoms with Crippen LogP contribution in [0.5, 0.6) is 17.2 Å². The van der Waals surface area contributed by atoms with E-state index in [0.29, 0.717) is 24.3 Å². The van der Waals surface area contributed by atoms with Gasteiger partial charge in [-0.15, -0.1) is 25.6 Å². The predicted molar refractivity (Wildman–Crippen MR) is 189 cm³/mol. The molecule has 0 aliphatic rings. The summed E-state index contributed by atoms with van der Waals surface area (Å²) in [5.41, 5.74) is -2.71. The van der Waals surface area contributed by atoms with E-state index in [1.165, 1.54) is 36.4 Å². The van der Waals surface area contributed by atoms with Gasteiger partial charge in [0.1, 0.15) is 47.5 Å². The van der Waals surface area contributed by atoms with Crippen molar-refractivity contribution in [3.05, 3.63) is 101 Å². The molecule has 286 valence electrons. The number of benzene rings is 6. The summed E-state index contributed by atoms with van der Waals surface area (Å²) in [5, 5.41) is 66.7. The first-order valence-electron chi connectivity index (χ1n) is 15.0. The molecule has 0 aliphatic heterocycles. The maximum absolute atomic E-state index is 12.0. The molecule has 0 aromatic heterocycles. The summed E-state index contributed by atoms with van der Waals surface area (Å²) in [6.45, 7) is 0. The number of aromatic hydroxyl groups is 3. The summed E-state index contributed by atoms with van der Waals surface area (Å²) in [6, 6.07) is 16.0. The number of nitrogens with zero attached hydrogens (tertiary/aromatic N) is 7. The van der Waals surface area contributed by atoms with Gasteiger partial charge in [-0.25, -0.2) is 25.3 Å². The molecule has 0 saturated heterocycles. The van der Waals surface area contributed by atoms with E-state index in [0.717, 1.165) is 30.3 Å². The molecule has 0 radical (unpaired) electrons. The van der Waals surface area contributed by atoms with Crippen LogP contribution in [0, 0.1) is 10.1 Å². The summed E-state index contributed by atoms with van der Waals surface area (Å²) < 4.78 is 106. The summed E-state index contributed by atoms with van der Waals surface area (Å²) in [5.74, 6) is -2.84. The van der Waals surface area contributed by atoms with E-state index >= 15 is 0 Å². The van der Waals surface area contributed by atoms with E-state index in [9.17, 15) is 64.3 Å². The third-order valence-electron chi connectivity index (χ3n) is 7.73. The maximum atomic E-state index is 12.0. The summed E-state index contributed by atoms with van der Waals surface area (Å²) in [7, 11) is -15.4. The summed E-state index contributed by atoms with van der Waals surface area (Å²) in [6.07, 6.45) is 0. The minimum atomic E-state index is -5.29. The first-order valence-corrected chi connectivity index (χ1v) is 19.2. The van der Waals surface area contributed by atoms with E-state index in [2.05, 4.69) is 30.7 Å². The van der Waals surface area contributed by atoms with E-state index in [4.69, 9.17) is 0 Å². The number of hydrogen-bond donors (Lipinski definition) is 3. The molecular weight excluding hydrogens is 872 g/mol. The van der Waals surface area contributed by atoms with Crippen molar-refractivity contribution < 1.29 is 148 Å². The Balaban J connectivity index is 0.00000310. The molecular formula is C32H18N7Na3O14S3. The fourth-order valence-electron chi connectivity index (χ4n) is 5.18. The summed E-state index contributed by atoms with van der Waals surface area (Å²) >= 11 is 0. The van der Waals surface area contributed by atoms with Gasteiger partial charge in [-0.1, -0.05) is 24.3 Å². The molecule has 3 N–H and O–H groups in total. The van der Waals surface area contributed by atoms with Crippen molar-refractivity contribution in [3.8, 4) is 17.2 Å². The molecule has 27 heteroatoms. The van der Waals surface area contributed by atoms with Crippen molar-refractivity contribution in [1.29, 1.82) is 0 Å². The second-order valence-electron chi connectivity index (χ2n) is 11.3. The number of non-ortho nitro benzene ring substituents is 1. The van der Waals surface area contributed by atoms with Crippen LogP contribution in [-0.2, 0) is 30.4 Å². The fourth-order valence-corrected chi connectivity index (χ4v) is 6.91. The molecule has 0 bridgehead atoms. The van der Waals surface area contributed by atoms with Crippen LogP contribution >= 0.6 is 0 Å². The van der Waals surface area contributed by atoms with E-state index < -0.39 is 101 Å². The van der Waals surface area contributed by atoms with Crippen LogP contribution in [-0.4, -0.2) is 59.2 Å². The number of azo groups is 3. The number of phenolic OH excluding ortho intramolecular Hbond substituents is 3. The first kappa shape index (κ1) is 49.5. The Morgan fingerprint density at radius 2 is 1.03 bits per heavy atom. The molecule has 0 unspecified atom stereocenters. The van der Waals surface area contributed by atoms with Crippen molar-refractivity contribution in [2.24, 2.45) is 30.7 Å². The van der Waals surface area contributed by atoms with Crippen molar-refractivity contribution in [2.45, 2.75) is 14.7 Å². The van der Waals surface area contributed by atoms with Gasteiger partial charge in [-0.3, -0.25) is 10.1 Å². The van der Waals surface area contributed by atoms with E-state index in [1.807, 2.05) is 0 Å². The van der Waals surface area contributed by atoms with Crippen LogP contribution in [0.25, 0.3) is 21.5 Å². The maximum Gasteiger partial charge on any atom is 1.00 e. The Morgan fingerprint density at radius 1 is 0.525 bits per heavy atom. The van der Waals surface area contributed by atoms with Gasteiger partial charge in [0.05, 0.1) is 42.1 Å². The monoisotopic (exact) mass is 889 g/mol. The van der Waals surface area contributed by atoms with Crippen LogP contribution in [0.1, 0.15) is 0 Å². The Morgan fingerprint density at radius 3 is 1.58 bits per heavy atom. The molecule has 0 aliphatic carbocycles. The van der Waals surface area contributed by atoms with Gasteiger partial charge in [0.25, 0.3) is 5.69 Å². The van der Waals surface area contributed by atoms with Crippen LogP contribution in [0.3, 0.4) is 0 Å². The zero-order valence-corrected chi connectivity index (χ0v) is 38.8. The number of rotatable bonds is 10. The zero-order valence-electron chi connectivity index (χ0n) is 30.3. The normalized spacial score (nSPS) is 12.1. The average molecular weight is 890 g/mol. The van der Waals surface area contributed by atoms with Crippen molar-refractivity contribution in [3.63, 3.8) is 0 Å². The smallest absolute Gasteiger partial charge is 0.744 e. The van der Waals surface area contributed by atoms with Crippen LogP contribution < -0.4 is 88.7 Å². The Labute approximate surface area is 398 Å². The predicted octanol–water partition coefficient (Wildman–Crippen LogP) is -2.01. The largest absolute Gasteiger partial charge is 1.00 e. The zero-order chi connectivity index (χ0) is 40.7. The second-order valence-corrected chi connectivity index (χ2v) is 15.4. The standard InChI is InChI=1S/C32H21N7O14S3.3Na/c40-27-14-20(55(48,49)50)12-16-11-19(54(45,46)47)13-24(29(16)27)35-38-30-31(41)25(36-33-17-5-7-18(8-6-17)39(43)44)15-26(32(30)42)37-34-23-9-10-28(56(51,52)53)22-4-2-1-3-21(22)23;;;/h1-15,40-42H,(H,45,46,47)(H,48,49,50)(H,51,52,53);;;/q;3*+1/p-3. The third kappa shape index (κ3) is 11.1. The molecule has 59 heavy (non-hydrogen) atoms. The van der Waals surface area contributed by atoms with Crippen LogP contribution in [0.2, 0.25) is 0 Å². The molecule has 0 amide bonds. The van der Waals surface area contributed by atoms with Gasteiger partial charge in [-0.2, -0.15) is 5.11 Å². The molecule has 6 rings (SSSR count). The van der Waals surface area contributed by atoms with Gasteiger partial charge < -0.3 is 29.0 Å². The van der Waals surface area contributed by atoms with Gasteiger partial charge in [0.2, 0.25) is 0 Å². The van der Waals surface area contributed by atoms with E-state index in [1.54, 1.807) is 0 Å². The number of nitro benzene ring substituents is 1. The number of hydrogen-bond acceptors (Lipinski definition) is 20. The molecule has 0 heterocycles. The van der Waals surface area contributed by atoms with Crippen LogP contribution in [0.15, 0.2) is 136 Å². The Kier molecular flexibility index (Phi) is 16.2. The topological polar surface area (TPSA) is 350 Å². The Bertz CT molecular complexity index is 3080. The molecule has 0 atom stereocenters. The molecule has 0 saturated carbocycles. The summed E-state index contributed by atoms with van der Waals surface area (Å²) in [4.78, 5) is 7.84. The fraction of sp³-hybridized carbons (Fsp3) is 0. The average Bonchev–Trinajstić information content (AvgIpc) is 3.12. The number of phenols is 3. The minimum Gasteiger partial charge on any atom is -0.744 e. The van der Waals surface area contributed by atoms with Crippen LogP contribution in [0.4, 0.5) is 39.8 Å². The number of fused-ring (bicyclic) bond motifs is 2. The second kappa shape index (κ2) is 19.3. The van der Waals surface area contributed by atoms with Crippen molar-refractivity contribution >= 4 is 91.7 Å². The molecule has 6 aromatic carbocycles. The van der Waals surface area contributed by atoms with Gasteiger partial charge in [0, 0.05) is 29.0 Å². The Hall–Kier alpha value is -3.83. The molecule has 6 aromatic rings. The van der Waals surface area contributed by atoms with Gasteiger partial charge >= 0.3 is 88.7 Å². The quantitative estimate of drug-likeness (QED) is 0.0440.